The highest BCUT2D eigenvalue weighted by molar-refractivity contribution is 7.20. The highest BCUT2D eigenvalue weighted by Crippen LogP contribution is 2.26. The number of nitrogens with one attached hydrogen (secondary N) is 1. The minimum atomic E-state index is -0.508. The highest BCUT2D eigenvalue weighted by Gasteiger charge is 2.11. The van der Waals surface area contributed by atoms with Gasteiger partial charge in [-0.3, -0.25) is 4.79 Å². The van der Waals surface area contributed by atoms with E-state index in [0.29, 0.717) is 10.6 Å². The maximum atomic E-state index is 13.1. The molecule has 1 N–H and O–H groups in total. The maximum Gasteiger partial charge on any atom is 0.265 e. The number of halogens is 2. The first-order valence-corrected chi connectivity index (χ1v) is 7.08. The molecule has 20 heavy (non-hydrogen) atoms. The average molecular weight is 306 g/mol. The Morgan fingerprint density at radius 3 is 2.70 bits per heavy atom. The largest absolute Gasteiger partial charge is 0.321 e. The van der Waals surface area contributed by atoms with Crippen LogP contribution in [0.2, 0.25) is 5.02 Å². The highest BCUT2D eigenvalue weighted by atomic mass is 35.5. The van der Waals surface area contributed by atoms with Gasteiger partial charge in [0.05, 0.1) is 9.90 Å². The van der Waals surface area contributed by atoms with Gasteiger partial charge in [-0.25, -0.2) is 4.39 Å². The van der Waals surface area contributed by atoms with E-state index >= 15 is 0 Å². The Morgan fingerprint density at radius 2 is 1.95 bits per heavy atom. The predicted octanol–water partition coefficient (Wildman–Crippen LogP) is 4.95. The van der Waals surface area contributed by atoms with Gasteiger partial charge >= 0.3 is 0 Å². The number of carbonyl (C=O) groups is 1. The van der Waals surface area contributed by atoms with E-state index in [4.69, 9.17) is 11.6 Å². The fourth-order valence-corrected chi connectivity index (χ4v) is 3.00. The van der Waals surface area contributed by atoms with Crippen LogP contribution in [0.15, 0.2) is 48.5 Å². The molecule has 0 saturated heterocycles. The van der Waals surface area contributed by atoms with Crippen molar-refractivity contribution in [1.82, 2.24) is 0 Å². The van der Waals surface area contributed by atoms with Gasteiger partial charge in [-0.2, -0.15) is 0 Å². The van der Waals surface area contributed by atoms with Gasteiger partial charge in [0.15, 0.2) is 0 Å². The number of rotatable bonds is 2. The summed E-state index contributed by atoms with van der Waals surface area (Å²) in [6.07, 6.45) is 0. The molecule has 0 spiro atoms. The summed E-state index contributed by atoms with van der Waals surface area (Å²) in [4.78, 5) is 12.7. The molecule has 0 aliphatic heterocycles. The van der Waals surface area contributed by atoms with Gasteiger partial charge in [-0.1, -0.05) is 29.8 Å². The quantitative estimate of drug-likeness (QED) is 0.713. The van der Waals surface area contributed by atoms with Crippen LogP contribution in [-0.4, -0.2) is 5.91 Å². The van der Waals surface area contributed by atoms with Crippen LogP contribution in [0.3, 0.4) is 0 Å². The number of fused-ring (bicyclic) bond motifs is 1. The molecule has 2 aromatic carbocycles. The van der Waals surface area contributed by atoms with Crippen molar-refractivity contribution >= 4 is 44.6 Å². The summed E-state index contributed by atoms with van der Waals surface area (Å²) >= 11 is 7.10. The lowest BCUT2D eigenvalue weighted by molar-refractivity contribution is 0.103. The summed E-state index contributed by atoms with van der Waals surface area (Å²) < 4.78 is 14.1. The van der Waals surface area contributed by atoms with E-state index in [1.54, 1.807) is 0 Å². The third-order valence-corrected chi connectivity index (χ3v) is 4.23. The van der Waals surface area contributed by atoms with Crippen molar-refractivity contribution in [3.05, 3.63) is 64.2 Å². The van der Waals surface area contributed by atoms with E-state index < -0.39 is 5.82 Å². The van der Waals surface area contributed by atoms with Gasteiger partial charge in [0.2, 0.25) is 0 Å². The van der Waals surface area contributed by atoms with Crippen LogP contribution >= 0.6 is 22.9 Å². The molecule has 1 amide bonds. The molecule has 0 saturated carbocycles. The van der Waals surface area contributed by atoms with Crippen molar-refractivity contribution in [2.75, 3.05) is 5.32 Å². The molecule has 0 unspecified atom stereocenters. The van der Waals surface area contributed by atoms with E-state index in [9.17, 15) is 9.18 Å². The molecular formula is C15H9ClFNOS. The summed E-state index contributed by atoms with van der Waals surface area (Å²) in [5, 5.41) is 3.72. The molecule has 0 fully saturated rings. The summed E-state index contributed by atoms with van der Waals surface area (Å²) in [5.41, 5.74) is 0.471. The number of hydrogen-bond donors (Lipinski definition) is 1. The van der Waals surface area contributed by atoms with Crippen LogP contribution in [0.4, 0.5) is 10.1 Å². The van der Waals surface area contributed by atoms with Gasteiger partial charge in [-0.05, 0) is 35.7 Å². The Labute approximate surface area is 123 Å². The molecule has 100 valence electrons. The Hall–Kier alpha value is -1.91. The molecule has 3 aromatic rings. The number of anilines is 1. The lowest BCUT2D eigenvalue weighted by Crippen LogP contribution is -2.10. The lowest BCUT2D eigenvalue weighted by Gasteiger charge is -2.04. The van der Waals surface area contributed by atoms with Crippen LogP contribution in [0.1, 0.15) is 9.67 Å². The number of benzene rings is 2. The summed E-state index contributed by atoms with van der Waals surface area (Å²) in [6.45, 7) is 0. The molecule has 0 aliphatic rings. The fourth-order valence-electron chi connectivity index (χ4n) is 1.86. The zero-order valence-corrected chi connectivity index (χ0v) is 11.8. The van der Waals surface area contributed by atoms with Crippen molar-refractivity contribution in [2.45, 2.75) is 0 Å². The molecule has 3 rings (SSSR count). The van der Waals surface area contributed by atoms with Crippen molar-refractivity contribution in [1.29, 1.82) is 0 Å². The third-order valence-electron chi connectivity index (χ3n) is 2.83. The average Bonchev–Trinajstić information content (AvgIpc) is 2.87. The molecule has 0 bridgehead atoms. The van der Waals surface area contributed by atoms with Crippen molar-refractivity contribution < 1.29 is 9.18 Å². The maximum absolute atomic E-state index is 13.1. The van der Waals surface area contributed by atoms with Crippen LogP contribution in [-0.2, 0) is 0 Å². The van der Waals surface area contributed by atoms with E-state index in [1.165, 1.54) is 29.5 Å². The molecule has 1 aromatic heterocycles. The molecule has 5 heteroatoms. The van der Waals surface area contributed by atoms with Crippen LogP contribution in [0.25, 0.3) is 10.1 Å². The second-order valence-electron chi connectivity index (χ2n) is 4.23. The van der Waals surface area contributed by atoms with E-state index in [2.05, 4.69) is 5.32 Å². The third kappa shape index (κ3) is 2.53. The standard InChI is InChI=1S/C15H9ClFNOS/c16-11-8-10(5-6-12(11)17)18-15(19)14-7-9-3-1-2-4-13(9)20-14/h1-8H,(H,18,19). The normalized spacial score (nSPS) is 10.7. The second kappa shape index (κ2) is 5.23. The van der Waals surface area contributed by atoms with E-state index in [0.717, 1.165) is 10.1 Å². The number of amides is 1. The lowest BCUT2D eigenvalue weighted by atomic mass is 10.2. The number of hydrogen-bond acceptors (Lipinski definition) is 2. The SMILES string of the molecule is O=C(Nc1ccc(F)c(Cl)c1)c1cc2ccccc2s1. The Kier molecular flexibility index (Phi) is 3.42. The van der Waals surface area contributed by atoms with Crippen molar-refractivity contribution in [2.24, 2.45) is 0 Å². The first kappa shape index (κ1) is 13.1. The summed E-state index contributed by atoms with van der Waals surface area (Å²) in [7, 11) is 0. The van der Waals surface area contributed by atoms with Gasteiger partial charge < -0.3 is 5.32 Å². The fraction of sp³-hybridized carbons (Fsp3) is 0. The minimum absolute atomic E-state index is 0.0147. The molecule has 2 nitrogen and oxygen atoms in total. The molecular weight excluding hydrogens is 297 g/mol. The van der Waals surface area contributed by atoms with Crippen molar-refractivity contribution in [3.63, 3.8) is 0 Å². The summed E-state index contributed by atoms with van der Waals surface area (Å²) in [6, 6.07) is 13.7. The number of thiophene rings is 1. The second-order valence-corrected chi connectivity index (χ2v) is 5.72. The molecule has 0 aliphatic carbocycles. The monoisotopic (exact) mass is 305 g/mol. The van der Waals surface area contributed by atoms with E-state index in [1.807, 2.05) is 30.3 Å². The van der Waals surface area contributed by atoms with Crippen molar-refractivity contribution in [3.8, 4) is 0 Å². The Morgan fingerprint density at radius 1 is 1.15 bits per heavy atom. The van der Waals surface area contributed by atoms with E-state index in [-0.39, 0.29) is 10.9 Å². The van der Waals surface area contributed by atoms with Crippen LogP contribution in [0, 0.1) is 5.82 Å². The van der Waals surface area contributed by atoms with Gasteiger partial charge in [0, 0.05) is 10.4 Å². The minimum Gasteiger partial charge on any atom is -0.321 e. The van der Waals surface area contributed by atoms with Crippen LogP contribution in [0.5, 0.6) is 0 Å². The first-order valence-electron chi connectivity index (χ1n) is 5.88. The topological polar surface area (TPSA) is 29.1 Å². The predicted molar refractivity (Wildman–Crippen MR) is 81.2 cm³/mol. The smallest absolute Gasteiger partial charge is 0.265 e. The molecule has 0 atom stereocenters. The Balaban J connectivity index is 1.86. The van der Waals surface area contributed by atoms with Gasteiger partial charge in [0.1, 0.15) is 5.82 Å². The Bertz CT molecular complexity index is 766. The first-order chi connectivity index (χ1) is 9.63. The van der Waals surface area contributed by atoms with Crippen LogP contribution < -0.4 is 5.32 Å². The zero-order chi connectivity index (χ0) is 14.1. The van der Waals surface area contributed by atoms with Gasteiger partial charge in [0.25, 0.3) is 5.91 Å². The summed E-state index contributed by atoms with van der Waals surface area (Å²) in [5.74, 6) is -0.736. The molecule has 1 heterocycles. The zero-order valence-electron chi connectivity index (χ0n) is 10.2. The number of carbonyl (C=O) groups excluding carboxylic acids is 1. The van der Waals surface area contributed by atoms with Gasteiger partial charge in [-0.15, -0.1) is 11.3 Å². The molecule has 0 radical (unpaired) electrons.